The van der Waals surface area contributed by atoms with Crippen molar-refractivity contribution in [3.8, 4) is 27.9 Å². The molecule has 11 aromatic carbocycles. The number of hydrogen-bond donors (Lipinski definition) is 0. The Labute approximate surface area is 348 Å². The van der Waals surface area contributed by atoms with Gasteiger partial charge in [0.2, 0.25) is 0 Å². The lowest BCUT2D eigenvalue weighted by Crippen LogP contribution is -2.11. The molecule has 280 valence electrons. The first kappa shape index (κ1) is 34.1. The molecule has 0 aliphatic rings. The van der Waals surface area contributed by atoms with Crippen molar-refractivity contribution in [2.75, 3.05) is 4.90 Å². The summed E-state index contributed by atoms with van der Waals surface area (Å²) in [4.78, 5) is 2.45. The van der Waals surface area contributed by atoms with E-state index in [0.29, 0.717) is 0 Å². The predicted molar refractivity (Wildman–Crippen MR) is 256 cm³/mol. The molecule has 2 nitrogen and oxygen atoms in total. The van der Waals surface area contributed by atoms with Crippen LogP contribution in [0.4, 0.5) is 17.1 Å². The second-order valence-corrected chi connectivity index (χ2v) is 15.7. The summed E-state index contributed by atoms with van der Waals surface area (Å²) in [5.74, 6) is 0. The highest BCUT2D eigenvalue weighted by Gasteiger charge is 2.21. The largest absolute Gasteiger partial charge is 0.310 e. The molecule has 0 bridgehead atoms. The Balaban J connectivity index is 1.09. The van der Waals surface area contributed by atoms with Crippen LogP contribution in [-0.2, 0) is 0 Å². The zero-order valence-corrected chi connectivity index (χ0v) is 32.8. The molecule has 0 unspecified atom stereocenters. The predicted octanol–water partition coefficient (Wildman–Crippen LogP) is 16.2. The lowest BCUT2D eigenvalue weighted by atomic mass is 9.95. The summed E-state index contributed by atoms with van der Waals surface area (Å²) in [7, 11) is 0. The Hall–Kier alpha value is -7.94. The highest BCUT2D eigenvalue weighted by atomic mass is 15.1. The highest BCUT2D eigenvalue weighted by molar-refractivity contribution is 6.25. The van der Waals surface area contributed by atoms with E-state index in [1.165, 1.54) is 87.1 Å². The van der Waals surface area contributed by atoms with E-state index in [0.717, 1.165) is 22.7 Å². The van der Waals surface area contributed by atoms with Crippen molar-refractivity contribution >= 4 is 82.0 Å². The van der Waals surface area contributed by atoms with Crippen molar-refractivity contribution in [2.45, 2.75) is 0 Å². The molecule has 60 heavy (non-hydrogen) atoms. The molecule has 2 heteroatoms. The zero-order chi connectivity index (χ0) is 39.6. The number of benzene rings is 11. The second kappa shape index (κ2) is 13.9. The quantitative estimate of drug-likeness (QED) is 0.153. The number of para-hydroxylation sites is 1. The van der Waals surface area contributed by atoms with E-state index in [2.05, 4.69) is 240 Å². The fourth-order valence-corrected chi connectivity index (χ4v) is 9.56. The van der Waals surface area contributed by atoms with Gasteiger partial charge in [0.25, 0.3) is 0 Å². The molecule has 0 atom stereocenters. The first-order valence-corrected chi connectivity index (χ1v) is 20.7. The molecule has 0 saturated heterocycles. The topological polar surface area (TPSA) is 8.17 Å². The fourth-order valence-electron chi connectivity index (χ4n) is 9.56. The van der Waals surface area contributed by atoms with Crippen LogP contribution >= 0.6 is 0 Å². The Kier molecular flexibility index (Phi) is 7.89. The van der Waals surface area contributed by atoms with Crippen LogP contribution in [0.25, 0.3) is 92.8 Å². The van der Waals surface area contributed by atoms with Gasteiger partial charge in [-0.05, 0) is 121 Å². The summed E-state index contributed by atoms with van der Waals surface area (Å²) in [6.45, 7) is 0. The smallest absolute Gasteiger partial charge is 0.0547 e. The summed E-state index contributed by atoms with van der Waals surface area (Å²) < 4.78 is 2.43. The third kappa shape index (κ3) is 5.50. The molecule has 0 saturated carbocycles. The normalized spacial score (nSPS) is 11.7. The van der Waals surface area contributed by atoms with E-state index in [1.54, 1.807) is 0 Å². The van der Waals surface area contributed by atoms with Gasteiger partial charge in [-0.15, -0.1) is 0 Å². The Morgan fingerprint density at radius 2 is 0.933 bits per heavy atom. The number of fused-ring (bicyclic) bond motifs is 9. The minimum Gasteiger partial charge on any atom is -0.310 e. The van der Waals surface area contributed by atoms with Crippen LogP contribution in [0.2, 0.25) is 0 Å². The van der Waals surface area contributed by atoms with Gasteiger partial charge in [0.1, 0.15) is 0 Å². The van der Waals surface area contributed by atoms with Crippen molar-refractivity contribution in [1.82, 2.24) is 4.57 Å². The minimum atomic E-state index is 1.10. The van der Waals surface area contributed by atoms with Crippen LogP contribution in [0.15, 0.2) is 231 Å². The molecular weight excluding hydrogens is 725 g/mol. The summed E-state index contributed by atoms with van der Waals surface area (Å²) >= 11 is 0. The van der Waals surface area contributed by atoms with Gasteiger partial charge in [-0.1, -0.05) is 170 Å². The van der Waals surface area contributed by atoms with Crippen LogP contribution in [0.1, 0.15) is 0 Å². The third-order valence-electron chi connectivity index (χ3n) is 12.3. The number of aromatic nitrogens is 1. The fraction of sp³-hybridized carbons (Fsp3) is 0. The molecule has 12 rings (SSSR count). The van der Waals surface area contributed by atoms with Gasteiger partial charge >= 0.3 is 0 Å². The molecule has 0 aliphatic carbocycles. The van der Waals surface area contributed by atoms with Crippen molar-refractivity contribution < 1.29 is 0 Å². The molecule has 0 fully saturated rings. The number of nitrogens with zero attached hydrogens (tertiary/aromatic N) is 2. The van der Waals surface area contributed by atoms with Gasteiger partial charge in [0, 0.05) is 33.2 Å². The molecule has 0 radical (unpaired) electrons. The maximum Gasteiger partial charge on any atom is 0.0547 e. The van der Waals surface area contributed by atoms with E-state index < -0.39 is 0 Å². The second-order valence-electron chi connectivity index (χ2n) is 15.7. The van der Waals surface area contributed by atoms with Gasteiger partial charge in [-0.3, -0.25) is 0 Å². The lowest BCUT2D eigenvalue weighted by molar-refractivity contribution is 1.18. The third-order valence-corrected chi connectivity index (χ3v) is 12.3. The van der Waals surface area contributed by atoms with Crippen molar-refractivity contribution in [3.63, 3.8) is 0 Å². The van der Waals surface area contributed by atoms with Gasteiger partial charge in [-0.2, -0.15) is 0 Å². The van der Waals surface area contributed by atoms with Crippen molar-refractivity contribution in [1.29, 1.82) is 0 Å². The maximum atomic E-state index is 2.45. The van der Waals surface area contributed by atoms with E-state index in [4.69, 9.17) is 0 Å². The molecule has 12 aromatic rings. The number of anilines is 3. The Morgan fingerprint density at radius 1 is 0.300 bits per heavy atom. The number of rotatable bonds is 6. The minimum absolute atomic E-state index is 1.10. The van der Waals surface area contributed by atoms with E-state index >= 15 is 0 Å². The zero-order valence-electron chi connectivity index (χ0n) is 32.8. The number of hydrogen-bond acceptors (Lipinski definition) is 1. The summed E-state index contributed by atoms with van der Waals surface area (Å²) in [5.41, 5.74) is 11.7. The molecule has 0 spiro atoms. The molecular formula is C58H38N2. The molecule has 0 N–H and O–H groups in total. The maximum absolute atomic E-state index is 2.45. The van der Waals surface area contributed by atoms with E-state index in [1.807, 2.05) is 0 Å². The van der Waals surface area contributed by atoms with E-state index in [9.17, 15) is 0 Å². The van der Waals surface area contributed by atoms with Crippen LogP contribution in [0.5, 0.6) is 0 Å². The molecule has 1 aromatic heterocycles. The SMILES string of the molecule is c1ccc(-n2c3cccc(-c4cccc(N(c5ccc(-c6ccc7ccccc7c6)cc5)c5cc6ccccc6c6ccccc56)c4)c3c3c4ccccc4ccc32)cc1. The van der Waals surface area contributed by atoms with Crippen molar-refractivity contribution in [3.05, 3.63) is 231 Å². The summed E-state index contributed by atoms with van der Waals surface area (Å²) in [5, 5.41) is 12.4. The monoisotopic (exact) mass is 762 g/mol. The molecule has 0 aliphatic heterocycles. The van der Waals surface area contributed by atoms with Gasteiger partial charge in [0.15, 0.2) is 0 Å². The average Bonchev–Trinajstić information content (AvgIpc) is 3.67. The van der Waals surface area contributed by atoms with Crippen LogP contribution in [-0.4, -0.2) is 4.57 Å². The van der Waals surface area contributed by atoms with Crippen molar-refractivity contribution in [2.24, 2.45) is 0 Å². The first-order chi connectivity index (χ1) is 29.8. The van der Waals surface area contributed by atoms with Gasteiger partial charge in [0.05, 0.1) is 16.7 Å². The van der Waals surface area contributed by atoms with Gasteiger partial charge in [-0.25, -0.2) is 0 Å². The van der Waals surface area contributed by atoms with Crippen LogP contribution in [0.3, 0.4) is 0 Å². The first-order valence-electron chi connectivity index (χ1n) is 20.7. The average molecular weight is 763 g/mol. The van der Waals surface area contributed by atoms with Gasteiger partial charge < -0.3 is 9.47 Å². The molecule has 0 amide bonds. The molecule has 1 heterocycles. The highest BCUT2D eigenvalue weighted by Crippen LogP contribution is 2.46. The van der Waals surface area contributed by atoms with E-state index in [-0.39, 0.29) is 0 Å². The Morgan fingerprint density at radius 3 is 1.77 bits per heavy atom. The standard InChI is InChI=1S/C58H38N2/c1-2-19-46(20-3-1)60-54-27-13-26-51(58(54)57-50-23-9-6-15-41(50)32-35-55(57)60)44-18-12-21-48(37-44)59(56-38-45-17-7-8-22-49(45)52-24-10-11-25-53(52)56)47-33-30-40(31-34-47)43-29-28-39-14-4-5-16-42(39)36-43/h1-38H. The Bertz CT molecular complexity index is 3600. The lowest BCUT2D eigenvalue weighted by Gasteiger charge is -2.28. The summed E-state index contributed by atoms with van der Waals surface area (Å²) in [6, 6.07) is 84.4. The van der Waals surface area contributed by atoms with Crippen LogP contribution in [0, 0.1) is 0 Å². The summed E-state index contributed by atoms with van der Waals surface area (Å²) in [6.07, 6.45) is 0. The van der Waals surface area contributed by atoms with Crippen LogP contribution < -0.4 is 4.90 Å².